The van der Waals surface area contributed by atoms with Crippen molar-refractivity contribution in [3.05, 3.63) is 70.4 Å². The van der Waals surface area contributed by atoms with Crippen LogP contribution in [0.1, 0.15) is 52.4 Å². The summed E-state index contributed by atoms with van der Waals surface area (Å²) in [6, 6.07) is 20.8. The van der Waals surface area contributed by atoms with E-state index < -0.39 is 0 Å². The van der Waals surface area contributed by atoms with Crippen molar-refractivity contribution in [3.63, 3.8) is 0 Å². The van der Waals surface area contributed by atoms with Crippen molar-refractivity contribution in [2.24, 2.45) is 0 Å². The van der Waals surface area contributed by atoms with Crippen molar-refractivity contribution in [2.45, 2.75) is 52.4 Å². The van der Waals surface area contributed by atoms with Crippen LogP contribution < -0.4 is 10.4 Å². The molecule has 1 heterocycles. The van der Waals surface area contributed by atoms with E-state index in [1.54, 1.807) is 0 Å². The van der Waals surface area contributed by atoms with Crippen molar-refractivity contribution in [1.82, 2.24) is 9.80 Å². The standard InChI is InChI=1S/C30H32N4/c1-5-7-9-28-29(10-8-6-2)34(4)30(33(28)3)24-14-13-22-15-25-17-23(27(19-31)20-32)12-11-21(25)16-26(22)18-24/h11-18H,5-10H2,1-4H3. The molecule has 3 aromatic rings. The zero-order chi connectivity index (χ0) is 24.2. The van der Waals surface area contributed by atoms with Gasteiger partial charge in [0, 0.05) is 35.9 Å². The first-order chi connectivity index (χ1) is 16.5. The van der Waals surface area contributed by atoms with Crippen LogP contribution in [-0.2, 0) is 0 Å². The van der Waals surface area contributed by atoms with E-state index in [2.05, 4.69) is 68.1 Å². The first-order valence-corrected chi connectivity index (χ1v) is 12.2. The van der Waals surface area contributed by atoms with Gasteiger partial charge in [0.25, 0.3) is 0 Å². The Morgan fingerprint density at radius 3 is 1.76 bits per heavy atom. The summed E-state index contributed by atoms with van der Waals surface area (Å²) < 4.78 is 0. The van der Waals surface area contributed by atoms with Gasteiger partial charge in [-0.25, -0.2) is 0 Å². The maximum Gasteiger partial charge on any atom is 0.136 e. The molecule has 1 aliphatic rings. The second-order valence-electron chi connectivity index (χ2n) is 9.12. The van der Waals surface area contributed by atoms with E-state index in [1.165, 1.54) is 53.5 Å². The summed E-state index contributed by atoms with van der Waals surface area (Å²) in [5.74, 6) is 1.25. The SMILES string of the molecule is CCCCC1=C(CCCC)N(C)C(=c2ccc3cc4cc(=C(C#N)C#N)ccc4cc3c2)N1C. The lowest BCUT2D eigenvalue weighted by Crippen LogP contribution is -2.26. The fourth-order valence-corrected chi connectivity index (χ4v) is 5.01. The molecule has 4 rings (SSSR count). The number of hydrogen-bond acceptors (Lipinski definition) is 4. The van der Waals surface area contributed by atoms with Crippen LogP contribution in [0.15, 0.2) is 59.9 Å². The van der Waals surface area contributed by atoms with E-state index in [9.17, 15) is 10.5 Å². The number of rotatable bonds is 6. The molecule has 0 saturated heterocycles. The van der Waals surface area contributed by atoms with Gasteiger partial charge in [0.1, 0.15) is 23.5 Å². The maximum absolute atomic E-state index is 9.21. The first kappa shape index (κ1) is 23.4. The summed E-state index contributed by atoms with van der Waals surface area (Å²) in [6.07, 6.45) is 7.04. The molecule has 34 heavy (non-hydrogen) atoms. The lowest BCUT2D eigenvalue weighted by atomic mass is 10.0. The molecule has 0 spiro atoms. The van der Waals surface area contributed by atoms with Crippen molar-refractivity contribution in [1.29, 1.82) is 10.5 Å². The second kappa shape index (κ2) is 10.0. The number of benzene rings is 3. The average molecular weight is 449 g/mol. The molecule has 0 bridgehead atoms. The summed E-state index contributed by atoms with van der Waals surface area (Å²) >= 11 is 0. The van der Waals surface area contributed by atoms with Gasteiger partial charge in [-0.05, 0) is 71.5 Å². The minimum absolute atomic E-state index is 0.145. The van der Waals surface area contributed by atoms with Crippen molar-refractivity contribution in [3.8, 4) is 12.1 Å². The zero-order valence-electron chi connectivity index (χ0n) is 20.7. The summed E-state index contributed by atoms with van der Waals surface area (Å²) in [4.78, 5) is 4.80. The van der Waals surface area contributed by atoms with Crippen LogP contribution in [0.4, 0.5) is 0 Å². The number of fused-ring (bicyclic) bond motifs is 2. The number of allylic oxidation sites excluding steroid dienone is 2. The summed E-state index contributed by atoms with van der Waals surface area (Å²) in [6.45, 7) is 4.51. The number of nitrogens with zero attached hydrogens (tertiary/aromatic N) is 4. The van der Waals surface area contributed by atoms with Gasteiger partial charge in [0.15, 0.2) is 0 Å². The molecular weight excluding hydrogens is 416 g/mol. The predicted molar refractivity (Wildman–Crippen MR) is 140 cm³/mol. The van der Waals surface area contributed by atoms with Crippen LogP contribution in [0.2, 0.25) is 0 Å². The maximum atomic E-state index is 9.21. The summed E-state index contributed by atoms with van der Waals surface area (Å²) in [5, 5.41) is 24.8. The molecule has 172 valence electrons. The monoisotopic (exact) mass is 448 g/mol. The van der Waals surface area contributed by atoms with E-state index in [-0.39, 0.29) is 5.57 Å². The van der Waals surface area contributed by atoms with Crippen LogP contribution >= 0.6 is 0 Å². The third-order valence-corrected chi connectivity index (χ3v) is 6.88. The molecule has 1 aliphatic heterocycles. The van der Waals surface area contributed by atoms with Gasteiger partial charge in [0.2, 0.25) is 0 Å². The van der Waals surface area contributed by atoms with Crippen molar-refractivity contribution < 1.29 is 0 Å². The van der Waals surface area contributed by atoms with Gasteiger partial charge < -0.3 is 9.80 Å². The largest absolute Gasteiger partial charge is 0.332 e. The highest BCUT2D eigenvalue weighted by Gasteiger charge is 2.28. The molecule has 0 unspecified atom stereocenters. The van der Waals surface area contributed by atoms with Gasteiger partial charge in [-0.2, -0.15) is 10.5 Å². The third-order valence-electron chi connectivity index (χ3n) is 6.88. The molecule has 3 aromatic carbocycles. The highest BCUT2D eigenvalue weighted by atomic mass is 15.4. The minimum Gasteiger partial charge on any atom is -0.332 e. The fourth-order valence-electron chi connectivity index (χ4n) is 5.01. The molecule has 0 fully saturated rings. The highest BCUT2D eigenvalue weighted by molar-refractivity contribution is 5.98. The Bertz CT molecular complexity index is 1440. The second-order valence-corrected chi connectivity index (χ2v) is 9.12. The molecule has 0 aliphatic carbocycles. The molecule has 0 amide bonds. The lowest BCUT2D eigenvalue weighted by molar-refractivity contribution is 0.496. The summed E-state index contributed by atoms with van der Waals surface area (Å²) in [7, 11) is 4.42. The van der Waals surface area contributed by atoms with Crippen LogP contribution in [0.25, 0.3) is 32.9 Å². The summed E-state index contributed by atoms with van der Waals surface area (Å²) in [5.41, 5.74) is 3.06. The van der Waals surface area contributed by atoms with E-state index in [0.29, 0.717) is 5.22 Å². The number of nitriles is 2. The van der Waals surface area contributed by atoms with Gasteiger partial charge in [-0.3, -0.25) is 0 Å². The third kappa shape index (κ3) is 4.25. The van der Waals surface area contributed by atoms with E-state index in [4.69, 9.17) is 0 Å². The zero-order valence-corrected chi connectivity index (χ0v) is 20.7. The minimum atomic E-state index is 0.145. The Morgan fingerprint density at radius 2 is 1.24 bits per heavy atom. The van der Waals surface area contributed by atoms with Gasteiger partial charge >= 0.3 is 0 Å². The Hall–Kier alpha value is -3.76. The normalized spacial score (nSPS) is 13.6. The van der Waals surface area contributed by atoms with Crippen molar-refractivity contribution >= 4 is 32.9 Å². The molecule has 0 aromatic heterocycles. The van der Waals surface area contributed by atoms with E-state index >= 15 is 0 Å². The molecule has 4 heteroatoms. The Balaban J connectivity index is 1.84. The fraction of sp³-hybridized carbons (Fsp3) is 0.333. The molecule has 0 radical (unpaired) electrons. The lowest BCUT2D eigenvalue weighted by Gasteiger charge is -2.22. The number of unbranched alkanes of at least 4 members (excludes halogenated alkanes) is 2. The number of hydrogen-bond donors (Lipinski definition) is 0. The quantitative estimate of drug-likeness (QED) is 0.452. The molecule has 0 saturated carbocycles. The van der Waals surface area contributed by atoms with Crippen LogP contribution in [0.3, 0.4) is 0 Å². The highest BCUT2D eigenvalue weighted by Crippen LogP contribution is 2.35. The van der Waals surface area contributed by atoms with E-state index in [1.807, 2.05) is 30.3 Å². The molecule has 0 N–H and O–H groups in total. The smallest absolute Gasteiger partial charge is 0.136 e. The Kier molecular flexibility index (Phi) is 6.90. The first-order valence-electron chi connectivity index (χ1n) is 12.2. The van der Waals surface area contributed by atoms with Crippen LogP contribution in [-0.4, -0.2) is 23.9 Å². The van der Waals surface area contributed by atoms with Crippen LogP contribution in [0, 0.1) is 22.7 Å². The average Bonchev–Trinajstić information content (AvgIpc) is 3.08. The van der Waals surface area contributed by atoms with Gasteiger partial charge in [-0.1, -0.05) is 51.0 Å². The predicted octanol–water partition coefficient (Wildman–Crippen LogP) is 5.73. The Labute approximate surface area is 202 Å². The molecule has 4 nitrogen and oxygen atoms in total. The topological polar surface area (TPSA) is 54.1 Å². The van der Waals surface area contributed by atoms with Gasteiger partial charge in [-0.15, -0.1) is 0 Å². The van der Waals surface area contributed by atoms with Crippen molar-refractivity contribution in [2.75, 3.05) is 14.1 Å². The van der Waals surface area contributed by atoms with E-state index in [0.717, 1.165) is 29.0 Å². The Morgan fingerprint density at radius 1 is 0.706 bits per heavy atom. The van der Waals surface area contributed by atoms with Crippen LogP contribution in [0.5, 0.6) is 0 Å². The molecular formula is C30H32N4. The molecule has 0 atom stereocenters. The van der Waals surface area contributed by atoms with Gasteiger partial charge in [0.05, 0.1) is 0 Å².